The topological polar surface area (TPSA) is 128 Å². The Bertz CT molecular complexity index is 1480. The van der Waals surface area contributed by atoms with Crippen LogP contribution >= 0.6 is 23.4 Å². The summed E-state index contributed by atoms with van der Waals surface area (Å²) in [5, 5.41) is 13.8. The van der Waals surface area contributed by atoms with Gasteiger partial charge < -0.3 is 9.50 Å². The fourth-order valence-corrected chi connectivity index (χ4v) is 4.92. The maximum Gasteiger partial charge on any atom is 0.339 e. The molecule has 1 fully saturated rings. The molecule has 1 aliphatic rings. The van der Waals surface area contributed by atoms with Crippen LogP contribution in [0.1, 0.15) is 11.1 Å². The highest BCUT2D eigenvalue weighted by atomic mass is 35.5. The molecule has 0 unspecified atom stereocenters. The van der Waals surface area contributed by atoms with E-state index >= 15 is 0 Å². The van der Waals surface area contributed by atoms with Gasteiger partial charge in [-0.15, -0.1) is 0 Å². The average molecular weight is 530 g/mol. The fourth-order valence-electron chi connectivity index (χ4n) is 2.94. The molecule has 12 heteroatoms. The number of rotatable bonds is 6. The number of nitro groups is 1. The highest BCUT2D eigenvalue weighted by Gasteiger charge is 2.24. The minimum Gasteiger partial charge on any atom is -0.379 e. The number of amidine groups is 1. The Morgan fingerprint density at radius 2 is 1.77 bits per heavy atom. The van der Waals surface area contributed by atoms with Gasteiger partial charge in [0, 0.05) is 12.1 Å². The minimum absolute atomic E-state index is 0.0493. The van der Waals surface area contributed by atoms with Gasteiger partial charge in [0.25, 0.3) is 11.6 Å². The van der Waals surface area contributed by atoms with Crippen molar-refractivity contribution in [3.8, 4) is 5.75 Å². The molecule has 3 aromatic carbocycles. The number of aryl methyl sites for hydroxylation is 1. The number of carbonyl (C=O) groups is 1. The smallest absolute Gasteiger partial charge is 0.339 e. The predicted octanol–water partition coefficient (Wildman–Crippen LogP) is 5.22. The van der Waals surface area contributed by atoms with Gasteiger partial charge in [-0.2, -0.15) is 8.42 Å². The molecule has 1 amide bonds. The van der Waals surface area contributed by atoms with Crippen molar-refractivity contribution in [3.05, 3.63) is 97.9 Å². The van der Waals surface area contributed by atoms with Gasteiger partial charge in [0.2, 0.25) is 0 Å². The number of thioether (sulfide) groups is 1. The first-order valence-corrected chi connectivity index (χ1v) is 12.6. The molecule has 35 heavy (non-hydrogen) atoms. The van der Waals surface area contributed by atoms with E-state index < -0.39 is 15.0 Å². The second kappa shape index (κ2) is 9.90. The zero-order valence-electron chi connectivity index (χ0n) is 18.0. The molecule has 0 spiro atoms. The number of aliphatic imine (C=N–C) groups is 1. The van der Waals surface area contributed by atoms with Crippen LogP contribution in [-0.2, 0) is 14.9 Å². The highest BCUT2D eigenvalue weighted by molar-refractivity contribution is 8.18. The predicted molar refractivity (Wildman–Crippen MR) is 134 cm³/mol. The van der Waals surface area contributed by atoms with Gasteiger partial charge in [-0.1, -0.05) is 41.4 Å². The van der Waals surface area contributed by atoms with E-state index in [0.717, 1.165) is 17.3 Å². The van der Waals surface area contributed by atoms with E-state index in [1.54, 1.807) is 30.3 Å². The van der Waals surface area contributed by atoms with Crippen LogP contribution in [0.2, 0.25) is 5.02 Å². The van der Waals surface area contributed by atoms with Crippen molar-refractivity contribution in [1.82, 2.24) is 5.32 Å². The van der Waals surface area contributed by atoms with Gasteiger partial charge >= 0.3 is 10.1 Å². The molecular weight excluding hydrogens is 514 g/mol. The normalized spacial score (nSPS) is 15.9. The molecule has 4 rings (SSSR count). The number of non-ortho nitro benzene ring substituents is 1. The maximum absolute atomic E-state index is 12.4. The van der Waals surface area contributed by atoms with Crippen LogP contribution in [0.15, 0.2) is 81.5 Å². The number of carbonyl (C=O) groups excluding carboxylic acids is 1. The molecule has 0 atom stereocenters. The van der Waals surface area contributed by atoms with E-state index in [9.17, 15) is 23.3 Å². The summed E-state index contributed by atoms with van der Waals surface area (Å²) < 4.78 is 30.1. The number of nitrogens with zero attached hydrogens (tertiary/aromatic N) is 2. The second-order valence-corrected chi connectivity index (χ2v) is 10.3. The number of hydrogen-bond acceptors (Lipinski definition) is 8. The Morgan fingerprint density at radius 3 is 2.40 bits per heavy atom. The van der Waals surface area contributed by atoms with Crippen LogP contribution in [0.4, 0.5) is 11.4 Å². The van der Waals surface area contributed by atoms with Crippen LogP contribution in [0, 0.1) is 17.0 Å². The lowest BCUT2D eigenvalue weighted by molar-refractivity contribution is -0.384. The molecule has 0 radical (unpaired) electrons. The van der Waals surface area contributed by atoms with Crippen molar-refractivity contribution >= 4 is 62.0 Å². The number of halogens is 1. The minimum atomic E-state index is -3.97. The van der Waals surface area contributed by atoms with Crippen molar-refractivity contribution in [2.24, 2.45) is 4.99 Å². The summed E-state index contributed by atoms with van der Waals surface area (Å²) >= 11 is 7.13. The van der Waals surface area contributed by atoms with E-state index in [4.69, 9.17) is 15.8 Å². The van der Waals surface area contributed by atoms with Crippen LogP contribution < -0.4 is 9.50 Å². The van der Waals surface area contributed by atoms with E-state index in [1.807, 2.05) is 6.92 Å². The lowest BCUT2D eigenvalue weighted by Gasteiger charge is -2.07. The first-order chi connectivity index (χ1) is 16.6. The van der Waals surface area contributed by atoms with Crippen molar-refractivity contribution < 1.29 is 22.3 Å². The van der Waals surface area contributed by atoms with Gasteiger partial charge in [-0.05, 0) is 60.7 Å². The fraction of sp³-hybridized carbons (Fsp3) is 0.0435. The van der Waals surface area contributed by atoms with Crippen LogP contribution in [0.25, 0.3) is 6.08 Å². The highest BCUT2D eigenvalue weighted by Crippen LogP contribution is 2.33. The molecular formula is C23H16ClN3O6S2. The van der Waals surface area contributed by atoms with E-state index in [0.29, 0.717) is 10.5 Å². The summed E-state index contributed by atoms with van der Waals surface area (Å²) in [5.74, 6) is -0.250. The lowest BCUT2D eigenvalue weighted by atomic mass is 10.2. The van der Waals surface area contributed by atoms with Crippen LogP contribution in [0.5, 0.6) is 5.75 Å². The standard InChI is InChI=1S/C23H16ClN3O6S2/c1-14-2-9-18(10-3-14)35(31,32)33-17-7-4-15(5-8-17)12-21-22(28)26-23(34-21)25-20-11-6-16(27(29)30)13-19(20)24/h2-13H,1H3,(H,25,26,28)/b21-12+. The van der Waals surface area contributed by atoms with Crippen molar-refractivity contribution in [3.63, 3.8) is 0 Å². The number of hydrogen-bond donors (Lipinski definition) is 1. The van der Waals surface area contributed by atoms with Gasteiger partial charge in [0.1, 0.15) is 10.6 Å². The summed E-state index contributed by atoms with van der Waals surface area (Å²) in [7, 11) is -3.97. The molecule has 1 saturated heterocycles. The second-order valence-electron chi connectivity index (χ2n) is 7.29. The zero-order valence-corrected chi connectivity index (χ0v) is 20.4. The SMILES string of the molecule is Cc1ccc(S(=O)(=O)Oc2ccc(/C=C3/SC(=Nc4ccc([N+](=O)[O-])cc4Cl)NC3=O)cc2)cc1. The van der Waals surface area contributed by atoms with E-state index in [1.165, 1.54) is 42.5 Å². The molecule has 0 aromatic heterocycles. The Morgan fingerprint density at radius 1 is 1.09 bits per heavy atom. The van der Waals surface area contributed by atoms with Crippen LogP contribution in [-0.4, -0.2) is 24.4 Å². The molecule has 1 N–H and O–H groups in total. The largest absolute Gasteiger partial charge is 0.379 e. The first-order valence-electron chi connectivity index (χ1n) is 9.95. The molecule has 0 bridgehead atoms. The number of nitro benzene ring substituents is 1. The van der Waals surface area contributed by atoms with E-state index in [2.05, 4.69) is 10.3 Å². The average Bonchev–Trinajstić information content (AvgIpc) is 3.15. The van der Waals surface area contributed by atoms with Gasteiger partial charge in [0.15, 0.2) is 5.17 Å². The quantitative estimate of drug-likeness (QED) is 0.201. The van der Waals surface area contributed by atoms with Crippen molar-refractivity contribution in [2.45, 2.75) is 11.8 Å². The van der Waals surface area contributed by atoms with Gasteiger partial charge in [-0.3, -0.25) is 14.9 Å². The van der Waals surface area contributed by atoms with Crippen molar-refractivity contribution in [1.29, 1.82) is 0 Å². The lowest BCUT2D eigenvalue weighted by Crippen LogP contribution is -2.19. The maximum atomic E-state index is 12.4. The molecule has 3 aromatic rings. The summed E-state index contributed by atoms with van der Waals surface area (Å²) in [6.07, 6.45) is 1.61. The summed E-state index contributed by atoms with van der Waals surface area (Å²) in [5.41, 5.74) is 1.68. The molecule has 9 nitrogen and oxygen atoms in total. The molecule has 0 aliphatic carbocycles. The summed E-state index contributed by atoms with van der Waals surface area (Å²) in [4.78, 5) is 27.3. The number of amides is 1. The molecule has 1 heterocycles. The van der Waals surface area contributed by atoms with E-state index in [-0.39, 0.29) is 38.1 Å². The Kier molecular flexibility index (Phi) is 6.92. The Labute approximate surface area is 209 Å². The number of nitrogens with one attached hydrogen (secondary N) is 1. The Hall–Kier alpha value is -3.67. The third-order valence-corrected chi connectivity index (χ3v) is 7.18. The van der Waals surface area contributed by atoms with Gasteiger partial charge in [-0.25, -0.2) is 4.99 Å². The summed E-state index contributed by atoms with van der Waals surface area (Å²) in [6.45, 7) is 1.85. The van der Waals surface area contributed by atoms with Crippen LogP contribution in [0.3, 0.4) is 0 Å². The summed E-state index contributed by atoms with van der Waals surface area (Å²) in [6, 6.07) is 16.4. The first kappa shape index (κ1) is 24.5. The van der Waals surface area contributed by atoms with Gasteiger partial charge in [0.05, 0.1) is 20.5 Å². The third-order valence-electron chi connectivity index (χ3n) is 4.71. The zero-order chi connectivity index (χ0) is 25.2. The molecule has 0 saturated carbocycles. The molecule has 1 aliphatic heterocycles. The third kappa shape index (κ3) is 5.88. The molecule has 178 valence electrons. The van der Waals surface area contributed by atoms with Crippen molar-refractivity contribution in [2.75, 3.05) is 0 Å². The Balaban J connectivity index is 1.47. The number of benzene rings is 3. The monoisotopic (exact) mass is 529 g/mol.